The SMILES string of the molecule is O=c1ccc(-c2ccncc2)nn1CC1CN(c2ccc(C(F)(F)F)cn2)C1. The van der Waals surface area contributed by atoms with E-state index in [4.69, 9.17) is 0 Å². The summed E-state index contributed by atoms with van der Waals surface area (Å²) < 4.78 is 39.3. The molecule has 0 spiro atoms. The largest absolute Gasteiger partial charge is 0.417 e. The summed E-state index contributed by atoms with van der Waals surface area (Å²) in [5.74, 6) is 0.664. The van der Waals surface area contributed by atoms with Crippen molar-refractivity contribution in [2.75, 3.05) is 18.0 Å². The van der Waals surface area contributed by atoms with Crippen LogP contribution >= 0.6 is 0 Å². The molecule has 0 saturated carbocycles. The highest BCUT2D eigenvalue weighted by atomic mass is 19.4. The van der Waals surface area contributed by atoms with Crippen LogP contribution in [-0.4, -0.2) is 32.8 Å². The third kappa shape index (κ3) is 3.73. The van der Waals surface area contributed by atoms with Crippen LogP contribution in [0.2, 0.25) is 0 Å². The van der Waals surface area contributed by atoms with Crippen molar-refractivity contribution in [3.05, 3.63) is 70.9 Å². The predicted octanol–water partition coefficient (Wildman–Crippen LogP) is 2.86. The Morgan fingerprint density at radius 1 is 1.04 bits per heavy atom. The van der Waals surface area contributed by atoms with Crippen molar-refractivity contribution in [2.45, 2.75) is 12.7 Å². The number of halogens is 3. The van der Waals surface area contributed by atoms with Crippen molar-refractivity contribution in [1.29, 1.82) is 0 Å². The molecule has 0 N–H and O–H groups in total. The van der Waals surface area contributed by atoms with E-state index in [0.29, 0.717) is 31.1 Å². The molecule has 0 atom stereocenters. The van der Waals surface area contributed by atoms with Gasteiger partial charge in [0.25, 0.3) is 5.56 Å². The van der Waals surface area contributed by atoms with E-state index in [0.717, 1.165) is 17.8 Å². The fourth-order valence-electron chi connectivity index (χ4n) is 3.11. The average molecular weight is 387 g/mol. The van der Waals surface area contributed by atoms with Crippen LogP contribution in [-0.2, 0) is 12.7 Å². The average Bonchev–Trinajstić information content (AvgIpc) is 2.66. The number of nitrogens with zero attached hydrogens (tertiary/aromatic N) is 5. The fraction of sp³-hybridized carbons (Fsp3) is 0.263. The van der Waals surface area contributed by atoms with E-state index in [-0.39, 0.29) is 11.5 Å². The van der Waals surface area contributed by atoms with Gasteiger partial charge < -0.3 is 4.90 Å². The van der Waals surface area contributed by atoms with E-state index in [1.165, 1.54) is 16.8 Å². The Morgan fingerprint density at radius 3 is 2.43 bits per heavy atom. The summed E-state index contributed by atoms with van der Waals surface area (Å²) in [6, 6.07) is 9.19. The van der Waals surface area contributed by atoms with Gasteiger partial charge >= 0.3 is 6.18 Å². The van der Waals surface area contributed by atoms with Gasteiger partial charge in [-0.3, -0.25) is 9.78 Å². The molecule has 0 aliphatic carbocycles. The lowest BCUT2D eigenvalue weighted by Gasteiger charge is -2.40. The molecule has 4 heterocycles. The summed E-state index contributed by atoms with van der Waals surface area (Å²) >= 11 is 0. The molecule has 4 rings (SSSR count). The standard InChI is InChI=1S/C19H16F3N5O/c20-19(21,22)15-1-3-17(24-9-15)26-10-13(11-26)12-27-18(28)4-2-16(25-27)14-5-7-23-8-6-14/h1-9,13H,10-12H2. The maximum atomic E-state index is 12.6. The van der Waals surface area contributed by atoms with Gasteiger partial charge in [0.05, 0.1) is 17.8 Å². The molecule has 1 fully saturated rings. The Morgan fingerprint density at radius 2 is 1.79 bits per heavy atom. The molecule has 1 aliphatic heterocycles. The second-order valence-corrected chi connectivity index (χ2v) is 6.65. The first kappa shape index (κ1) is 18.1. The Bertz CT molecular complexity index is 1010. The predicted molar refractivity (Wildman–Crippen MR) is 96.7 cm³/mol. The fourth-order valence-corrected chi connectivity index (χ4v) is 3.11. The molecule has 0 amide bonds. The summed E-state index contributed by atoms with van der Waals surface area (Å²) in [7, 11) is 0. The van der Waals surface area contributed by atoms with E-state index in [1.807, 2.05) is 17.0 Å². The zero-order chi connectivity index (χ0) is 19.7. The number of anilines is 1. The first-order valence-electron chi connectivity index (χ1n) is 8.67. The van der Waals surface area contributed by atoms with Gasteiger partial charge in [0.1, 0.15) is 5.82 Å². The maximum Gasteiger partial charge on any atom is 0.417 e. The van der Waals surface area contributed by atoms with Gasteiger partial charge in [-0.25, -0.2) is 9.67 Å². The monoisotopic (exact) mass is 387 g/mol. The highest BCUT2D eigenvalue weighted by Crippen LogP contribution is 2.30. The lowest BCUT2D eigenvalue weighted by atomic mass is 10.00. The minimum absolute atomic E-state index is 0.169. The van der Waals surface area contributed by atoms with Gasteiger partial charge in [-0.1, -0.05) is 0 Å². The van der Waals surface area contributed by atoms with Crippen molar-refractivity contribution >= 4 is 5.82 Å². The van der Waals surface area contributed by atoms with E-state index in [2.05, 4.69) is 15.1 Å². The van der Waals surface area contributed by atoms with Crippen LogP contribution < -0.4 is 10.5 Å². The van der Waals surface area contributed by atoms with Crippen LogP contribution in [0.25, 0.3) is 11.3 Å². The summed E-state index contributed by atoms with van der Waals surface area (Å²) in [6.07, 6.45) is -0.233. The van der Waals surface area contributed by atoms with Gasteiger partial charge in [-0.05, 0) is 30.3 Å². The maximum absolute atomic E-state index is 12.6. The lowest BCUT2D eigenvalue weighted by molar-refractivity contribution is -0.137. The van der Waals surface area contributed by atoms with E-state index >= 15 is 0 Å². The molecule has 0 bridgehead atoms. The molecule has 0 unspecified atom stereocenters. The van der Waals surface area contributed by atoms with Crippen LogP contribution in [0.1, 0.15) is 5.56 Å². The molecular formula is C19H16F3N5O. The number of hydrogen-bond donors (Lipinski definition) is 0. The molecule has 144 valence electrons. The van der Waals surface area contributed by atoms with Crippen molar-refractivity contribution in [1.82, 2.24) is 19.7 Å². The molecule has 9 heteroatoms. The molecule has 0 radical (unpaired) electrons. The van der Waals surface area contributed by atoms with Crippen LogP contribution in [0.4, 0.5) is 19.0 Å². The summed E-state index contributed by atoms with van der Waals surface area (Å²) in [5, 5.41) is 4.42. The Labute approximate surface area is 158 Å². The molecule has 28 heavy (non-hydrogen) atoms. The first-order chi connectivity index (χ1) is 13.4. The highest BCUT2D eigenvalue weighted by molar-refractivity contribution is 5.57. The lowest BCUT2D eigenvalue weighted by Crippen LogP contribution is -2.50. The van der Waals surface area contributed by atoms with Crippen LogP contribution in [0.3, 0.4) is 0 Å². The summed E-state index contributed by atoms with van der Waals surface area (Å²) in [6.45, 7) is 1.65. The molecule has 0 aromatic carbocycles. The van der Waals surface area contributed by atoms with Crippen molar-refractivity contribution in [3.63, 3.8) is 0 Å². The molecule has 6 nitrogen and oxygen atoms in total. The van der Waals surface area contributed by atoms with E-state index in [9.17, 15) is 18.0 Å². The van der Waals surface area contributed by atoms with Gasteiger partial charge in [-0.2, -0.15) is 18.3 Å². The second kappa shape index (κ2) is 7.06. The van der Waals surface area contributed by atoms with Crippen molar-refractivity contribution < 1.29 is 13.2 Å². The molecule has 1 saturated heterocycles. The molecular weight excluding hydrogens is 371 g/mol. The normalized spacial score (nSPS) is 14.8. The smallest absolute Gasteiger partial charge is 0.356 e. The van der Waals surface area contributed by atoms with Crippen LogP contribution in [0.5, 0.6) is 0 Å². The zero-order valence-corrected chi connectivity index (χ0v) is 14.7. The molecule has 3 aromatic rings. The Kier molecular flexibility index (Phi) is 4.58. The third-order valence-corrected chi connectivity index (χ3v) is 4.63. The van der Waals surface area contributed by atoms with Gasteiger partial charge in [0.2, 0.25) is 0 Å². The first-order valence-corrected chi connectivity index (χ1v) is 8.67. The minimum Gasteiger partial charge on any atom is -0.356 e. The van der Waals surface area contributed by atoms with Crippen LogP contribution in [0.15, 0.2) is 59.8 Å². The number of rotatable bonds is 4. The Balaban J connectivity index is 1.41. The third-order valence-electron chi connectivity index (χ3n) is 4.63. The molecule has 3 aromatic heterocycles. The van der Waals surface area contributed by atoms with Gasteiger partial charge in [-0.15, -0.1) is 0 Å². The molecule has 1 aliphatic rings. The van der Waals surface area contributed by atoms with Crippen molar-refractivity contribution in [3.8, 4) is 11.3 Å². The number of hydrogen-bond acceptors (Lipinski definition) is 5. The Hall–Kier alpha value is -3.23. The number of pyridine rings is 2. The van der Waals surface area contributed by atoms with Gasteiger partial charge in [0, 0.05) is 49.2 Å². The number of aromatic nitrogens is 4. The van der Waals surface area contributed by atoms with Crippen LogP contribution in [0, 0.1) is 5.92 Å². The summed E-state index contributed by atoms with van der Waals surface area (Å²) in [5.41, 5.74) is 0.594. The zero-order valence-electron chi connectivity index (χ0n) is 14.7. The number of alkyl halides is 3. The van der Waals surface area contributed by atoms with Gasteiger partial charge in [0.15, 0.2) is 0 Å². The second-order valence-electron chi connectivity index (χ2n) is 6.65. The highest BCUT2D eigenvalue weighted by Gasteiger charge is 2.32. The summed E-state index contributed by atoms with van der Waals surface area (Å²) in [4.78, 5) is 21.9. The van der Waals surface area contributed by atoms with E-state index < -0.39 is 11.7 Å². The topological polar surface area (TPSA) is 63.9 Å². The minimum atomic E-state index is -4.39. The van der Waals surface area contributed by atoms with E-state index in [1.54, 1.807) is 18.5 Å². The van der Waals surface area contributed by atoms with Crippen molar-refractivity contribution in [2.24, 2.45) is 5.92 Å². The quantitative estimate of drug-likeness (QED) is 0.689.